The maximum Gasteiger partial charge on any atom is 0.239 e. The molecule has 0 saturated carbocycles. The maximum absolute atomic E-state index is 13.5. The zero-order chi connectivity index (χ0) is 21.8. The van der Waals surface area contributed by atoms with Crippen LogP contribution in [-0.2, 0) is 14.3 Å². The third-order valence-corrected chi connectivity index (χ3v) is 5.31. The van der Waals surface area contributed by atoms with Crippen LogP contribution in [0.1, 0.15) is 60.8 Å². The molecule has 0 bridgehead atoms. The van der Waals surface area contributed by atoms with E-state index in [0.717, 1.165) is 23.6 Å². The molecular weight excluding hydrogens is 386 g/mol. The predicted molar refractivity (Wildman–Crippen MR) is 120 cm³/mol. The molecule has 0 radical (unpaired) electrons. The number of nitrogens with zero attached hydrogens (tertiary/aromatic N) is 1. The molecule has 0 aliphatic rings. The van der Waals surface area contributed by atoms with Gasteiger partial charge in [0.25, 0.3) is 0 Å². The molecule has 0 heterocycles. The molecule has 0 spiro atoms. The van der Waals surface area contributed by atoms with Crippen molar-refractivity contribution in [3.63, 3.8) is 0 Å². The Hall–Kier alpha value is -1.91. The van der Waals surface area contributed by atoms with Crippen molar-refractivity contribution in [2.45, 2.75) is 66.4 Å². The molecule has 0 aliphatic heterocycles. The Labute approximate surface area is 179 Å². The van der Waals surface area contributed by atoms with E-state index in [9.17, 15) is 9.59 Å². The van der Waals surface area contributed by atoms with Gasteiger partial charge in [0, 0.05) is 27.8 Å². The Kier molecular flexibility index (Phi) is 7.47. The average Bonchev–Trinajstić information content (AvgIpc) is 2.62. The summed E-state index contributed by atoms with van der Waals surface area (Å²) in [5.41, 5.74) is -0.771. The van der Waals surface area contributed by atoms with Crippen LogP contribution in [0.5, 0.6) is 0 Å². The zero-order valence-corrected chi connectivity index (χ0v) is 19.1. The number of rotatable bonds is 7. The molecule has 2 amide bonds. The predicted octanol–water partition coefficient (Wildman–Crippen LogP) is 6.38. The van der Waals surface area contributed by atoms with Crippen LogP contribution >= 0.6 is 11.6 Å². The standard InChI is InChI=1S/C24H32ClNO3/c1-7-15-24(6,29-8-2)16-21(27)26(22(28)23(3,4)5)20-14-10-11-17-18(20)12-9-13-19(17)25/h9-14H,7-8,15-16H2,1-6H3. The maximum atomic E-state index is 13.5. The molecule has 0 N–H and O–H groups in total. The molecule has 2 aromatic carbocycles. The lowest BCUT2D eigenvalue weighted by Crippen LogP contribution is -2.47. The van der Waals surface area contributed by atoms with Crippen molar-refractivity contribution < 1.29 is 14.3 Å². The van der Waals surface area contributed by atoms with Gasteiger partial charge in [0.05, 0.1) is 17.7 Å². The first-order chi connectivity index (χ1) is 13.5. The van der Waals surface area contributed by atoms with Gasteiger partial charge >= 0.3 is 0 Å². The summed E-state index contributed by atoms with van der Waals surface area (Å²) in [5, 5.41) is 2.18. The Bertz CT molecular complexity index is 879. The number of amides is 2. The van der Waals surface area contributed by atoms with Gasteiger partial charge in [0.15, 0.2) is 0 Å². The van der Waals surface area contributed by atoms with E-state index in [1.54, 1.807) is 12.1 Å². The lowest BCUT2D eigenvalue weighted by Gasteiger charge is -2.34. The van der Waals surface area contributed by atoms with E-state index < -0.39 is 11.0 Å². The van der Waals surface area contributed by atoms with Gasteiger partial charge in [0.1, 0.15) is 0 Å². The van der Waals surface area contributed by atoms with Crippen LogP contribution in [0.4, 0.5) is 5.69 Å². The van der Waals surface area contributed by atoms with Crippen LogP contribution < -0.4 is 4.90 Å². The second-order valence-electron chi connectivity index (χ2n) is 8.71. The number of fused-ring (bicyclic) bond motifs is 1. The minimum Gasteiger partial charge on any atom is -0.375 e. The van der Waals surface area contributed by atoms with E-state index in [4.69, 9.17) is 16.3 Å². The van der Waals surface area contributed by atoms with Crippen LogP contribution in [0.15, 0.2) is 36.4 Å². The first-order valence-electron chi connectivity index (χ1n) is 10.2. The van der Waals surface area contributed by atoms with Gasteiger partial charge < -0.3 is 4.74 Å². The number of hydrogen-bond acceptors (Lipinski definition) is 3. The van der Waals surface area contributed by atoms with E-state index >= 15 is 0 Å². The highest BCUT2D eigenvalue weighted by molar-refractivity contribution is 6.36. The van der Waals surface area contributed by atoms with Crippen molar-refractivity contribution in [3.8, 4) is 0 Å². The quantitative estimate of drug-likeness (QED) is 0.524. The highest BCUT2D eigenvalue weighted by atomic mass is 35.5. The molecule has 1 atom stereocenters. The molecule has 2 rings (SSSR count). The topological polar surface area (TPSA) is 46.6 Å². The van der Waals surface area contributed by atoms with E-state index in [1.807, 2.05) is 58.9 Å². The van der Waals surface area contributed by atoms with Crippen LogP contribution in [0, 0.1) is 5.41 Å². The zero-order valence-electron chi connectivity index (χ0n) is 18.3. The molecule has 1 unspecified atom stereocenters. The first kappa shape index (κ1) is 23.4. The fourth-order valence-corrected chi connectivity index (χ4v) is 3.87. The fourth-order valence-electron chi connectivity index (χ4n) is 3.63. The lowest BCUT2D eigenvalue weighted by molar-refractivity contribution is -0.134. The second-order valence-corrected chi connectivity index (χ2v) is 9.11. The van der Waals surface area contributed by atoms with Crippen molar-refractivity contribution in [3.05, 3.63) is 41.4 Å². The fraction of sp³-hybridized carbons (Fsp3) is 0.500. The highest BCUT2D eigenvalue weighted by Gasteiger charge is 2.37. The number of anilines is 1. The average molecular weight is 418 g/mol. The summed E-state index contributed by atoms with van der Waals surface area (Å²) in [6.45, 7) is 11.9. The molecule has 2 aromatic rings. The number of imide groups is 1. The highest BCUT2D eigenvalue weighted by Crippen LogP contribution is 2.35. The summed E-state index contributed by atoms with van der Waals surface area (Å²) in [7, 11) is 0. The second kappa shape index (κ2) is 9.27. The van der Waals surface area contributed by atoms with E-state index in [1.165, 1.54) is 4.90 Å². The Morgan fingerprint density at radius 1 is 1.00 bits per heavy atom. The molecule has 0 aliphatic carbocycles. The summed E-state index contributed by atoms with van der Waals surface area (Å²) in [6, 6.07) is 11.1. The third-order valence-electron chi connectivity index (χ3n) is 4.98. The molecule has 0 saturated heterocycles. The summed E-state index contributed by atoms with van der Waals surface area (Å²) in [6.07, 6.45) is 1.76. The number of halogens is 1. The number of carbonyl (C=O) groups excluding carboxylic acids is 2. The van der Waals surface area contributed by atoms with Gasteiger partial charge in [0.2, 0.25) is 11.8 Å². The minimum absolute atomic E-state index is 0.132. The first-order valence-corrected chi connectivity index (χ1v) is 10.6. The number of carbonyl (C=O) groups is 2. The van der Waals surface area contributed by atoms with Crippen molar-refractivity contribution in [1.29, 1.82) is 0 Å². The SMILES string of the molecule is CCCC(C)(CC(=O)N(C(=O)C(C)(C)C)c1cccc2c(Cl)cccc12)OCC. The van der Waals surface area contributed by atoms with Crippen LogP contribution in [0.3, 0.4) is 0 Å². The van der Waals surface area contributed by atoms with Crippen LogP contribution in [0.2, 0.25) is 5.02 Å². The van der Waals surface area contributed by atoms with Crippen molar-refractivity contribution in [2.24, 2.45) is 5.41 Å². The minimum atomic E-state index is -0.719. The van der Waals surface area contributed by atoms with Crippen LogP contribution in [0.25, 0.3) is 10.8 Å². The summed E-state index contributed by atoms with van der Waals surface area (Å²) in [5.74, 6) is -0.507. The Morgan fingerprint density at radius 2 is 1.62 bits per heavy atom. The molecule has 158 valence electrons. The lowest BCUT2D eigenvalue weighted by atomic mass is 9.91. The number of benzene rings is 2. The third kappa shape index (κ3) is 5.37. The molecule has 0 fully saturated rings. The van der Waals surface area contributed by atoms with Gasteiger partial charge in [-0.2, -0.15) is 0 Å². The van der Waals surface area contributed by atoms with Gasteiger partial charge in [-0.25, -0.2) is 4.90 Å². The summed E-state index contributed by atoms with van der Waals surface area (Å²) < 4.78 is 5.92. The van der Waals surface area contributed by atoms with Gasteiger partial charge in [-0.05, 0) is 32.4 Å². The summed E-state index contributed by atoms with van der Waals surface area (Å²) >= 11 is 6.36. The normalized spacial score (nSPS) is 13.9. The molecule has 0 aromatic heterocycles. The van der Waals surface area contributed by atoms with Gasteiger partial charge in [-0.15, -0.1) is 0 Å². The Morgan fingerprint density at radius 3 is 2.21 bits per heavy atom. The van der Waals surface area contributed by atoms with Gasteiger partial charge in [-0.1, -0.05) is 70.0 Å². The molecule has 5 heteroatoms. The van der Waals surface area contributed by atoms with E-state index in [-0.39, 0.29) is 18.2 Å². The van der Waals surface area contributed by atoms with Crippen molar-refractivity contribution in [1.82, 2.24) is 0 Å². The van der Waals surface area contributed by atoms with E-state index in [2.05, 4.69) is 6.92 Å². The van der Waals surface area contributed by atoms with E-state index in [0.29, 0.717) is 17.3 Å². The van der Waals surface area contributed by atoms with Crippen molar-refractivity contribution >= 4 is 39.9 Å². The summed E-state index contributed by atoms with van der Waals surface area (Å²) in [4.78, 5) is 28.2. The Balaban J connectivity index is 2.59. The smallest absolute Gasteiger partial charge is 0.239 e. The molecule has 29 heavy (non-hydrogen) atoms. The number of hydrogen-bond donors (Lipinski definition) is 0. The number of ether oxygens (including phenoxy) is 1. The largest absolute Gasteiger partial charge is 0.375 e. The monoisotopic (exact) mass is 417 g/mol. The molecular formula is C24H32ClNO3. The van der Waals surface area contributed by atoms with Gasteiger partial charge in [-0.3, -0.25) is 9.59 Å². The van der Waals surface area contributed by atoms with Crippen molar-refractivity contribution in [2.75, 3.05) is 11.5 Å². The molecule has 4 nitrogen and oxygen atoms in total. The van der Waals surface area contributed by atoms with Crippen LogP contribution in [-0.4, -0.2) is 24.0 Å².